The minimum absolute atomic E-state index is 0.144. The van der Waals surface area contributed by atoms with Gasteiger partial charge >= 0.3 is 0 Å². The Hall–Kier alpha value is -1.000. The summed E-state index contributed by atoms with van der Waals surface area (Å²) in [6.07, 6.45) is 0. The molecule has 1 heterocycles. The lowest BCUT2D eigenvalue weighted by molar-refractivity contribution is 0.252. The average Bonchev–Trinajstić information content (AvgIpc) is 2.30. The van der Waals surface area contributed by atoms with Crippen LogP contribution in [0, 0.1) is 12.3 Å². The fourth-order valence-corrected chi connectivity index (χ4v) is 3.71. The van der Waals surface area contributed by atoms with Crippen LogP contribution in [0.25, 0.3) is 0 Å². The highest BCUT2D eigenvalue weighted by Crippen LogP contribution is 2.30. The van der Waals surface area contributed by atoms with Gasteiger partial charge in [-0.25, -0.2) is 0 Å². The lowest BCUT2D eigenvalue weighted by atomic mass is 10.0. The molecule has 0 unspecified atom stereocenters. The van der Waals surface area contributed by atoms with Crippen LogP contribution in [0.5, 0.6) is 0 Å². The van der Waals surface area contributed by atoms with Gasteiger partial charge in [0.25, 0.3) is 0 Å². The summed E-state index contributed by atoms with van der Waals surface area (Å²) in [5, 5.41) is 7.47. The fourth-order valence-electron chi connectivity index (χ4n) is 2.53. The smallest absolute Gasteiger partial charge is 0.122 e. The van der Waals surface area contributed by atoms with Crippen molar-refractivity contribution in [3.63, 3.8) is 0 Å². The maximum Gasteiger partial charge on any atom is 0.122 e. The van der Waals surface area contributed by atoms with Crippen LogP contribution in [-0.4, -0.2) is 34.3 Å². The molecule has 0 amide bonds. The molecule has 1 aliphatic rings. The molecule has 0 bridgehead atoms. The topological polar surface area (TPSA) is 53.1 Å². The van der Waals surface area contributed by atoms with Crippen LogP contribution >= 0.6 is 11.8 Å². The van der Waals surface area contributed by atoms with E-state index in [-0.39, 0.29) is 5.84 Å². The lowest BCUT2D eigenvalue weighted by Crippen LogP contribution is -2.42. The third-order valence-electron chi connectivity index (χ3n) is 3.55. The molecule has 0 aromatic heterocycles. The van der Waals surface area contributed by atoms with E-state index in [1.807, 2.05) is 12.1 Å². The van der Waals surface area contributed by atoms with Crippen molar-refractivity contribution in [1.82, 2.24) is 4.90 Å². The van der Waals surface area contributed by atoms with E-state index in [1.54, 1.807) is 0 Å². The van der Waals surface area contributed by atoms with Gasteiger partial charge in [-0.15, -0.1) is 0 Å². The van der Waals surface area contributed by atoms with Gasteiger partial charge in [0.2, 0.25) is 0 Å². The van der Waals surface area contributed by atoms with E-state index in [4.69, 9.17) is 11.1 Å². The van der Waals surface area contributed by atoms with E-state index in [9.17, 15) is 0 Å². The summed E-state index contributed by atoms with van der Waals surface area (Å²) in [5.74, 6) is 1.35. The molecule has 3 nitrogen and oxygen atoms in total. The normalized spacial score (nSPS) is 19.3. The van der Waals surface area contributed by atoms with Crippen molar-refractivity contribution in [2.75, 3.05) is 18.8 Å². The Balaban J connectivity index is 2.09. The number of hydrogen-bond donors (Lipinski definition) is 2. The molecular weight excluding hydrogens is 254 g/mol. The van der Waals surface area contributed by atoms with Crippen LogP contribution in [0.3, 0.4) is 0 Å². The number of thioether (sulfide) groups is 1. The monoisotopic (exact) mass is 277 g/mol. The maximum atomic E-state index is 7.47. The Morgan fingerprint density at radius 3 is 2.79 bits per heavy atom. The molecule has 1 aliphatic heterocycles. The van der Waals surface area contributed by atoms with Crippen LogP contribution in [0.4, 0.5) is 0 Å². The first-order valence-electron chi connectivity index (χ1n) is 6.68. The standard InChI is InChI=1S/C15H23N3S/c1-11-8-12(14(16)17)4-5-13(11)9-18-6-7-19-15(2,3)10-18/h4-5,8H,6-7,9-10H2,1-3H3,(H3,16,17). The molecule has 4 heteroatoms. The Bertz CT molecular complexity index is 482. The molecule has 1 aromatic rings. The minimum atomic E-state index is 0.144. The van der Waals surface area contributed by atoms with Gasteiger partial charge in [0, 0.05) is 35.7 Å². The van der Waals surface area contributed by atoms with Crippen LogP contribution in [0.1, 0.15) is 30.5 Å². The number of nitrogens with two attached hydrogens (primary N) is 1. The van der Waals surface area contributed by atoms with Crippen LogP contribution in [-0.2, 0) is 6.54 Å². The summed E-state index contributed by atoms with van der Waals surface area (Å²) in [5.41, 5.74) is 8.90. The molecule has 0 spiro atoms. The summed E-state index contributed by atoms with van der Waals surface area (Å²) in [4.78, 5) is 2.52. The first-order valence-corrected chi connectivity index (χ1v) is 7.66. The second kappa shape index (κ2) is 5.55. The van der Waals surface area contributed by atoms with Crippen molar-refractivity contribution in [3.8, 4) is 0 Å². The van der Waals surface area contributed by atoms with Crippen molar-refractivity contribution in [2.24, 2.45) is 5.73 Å². The zero-order valence-electron chi connectivity index (χ0n) is 12.0. The lowest BCUT2D eigenvalue weighted by Gasteiger charge is -2.37. The SMILES string of the molecule is Cc1cc(C(=N)N)ccc1CN1CCSC(C)(C)C1. The Morgan fingerprint density at radius 1 is 1.47 bits per heavy atom. The fraction of sp³-hybridized carbons (Fsp3) is 0.533. The number of hydrogen-bond acceptors (Lipinski definition) is 3. The molecule has 1 saturated heterocycles. The van der Waals surface area contributed by atoms with Crippen LogP contribution < -0.4 is 5.73 Å². The van der Waals surface area contributed by atoms with Gasteiger partial charge in [-0.2, -0.15) is 11.8 Å². The van der Waals surface area contributed by atoms with Gasteiger partial charge in [-0.1, -0.05) is 12.1 Å². The third-order valence-corrected chi connectivity index (χ3v) is 4.85. The first-order chi connectivity index (χ1) is 8.87. The van der Waals surface area contributed by atoms with Crippen molar-refractivity contribution in [1.29, 1.82) is 5.41 Å². The van der Waals surface area contributed by atoms with E-state index in [2.05, 4.69) is 43.5 Å². The molecule has 19 heavy (non-hydrogen) atoms. The quantitative estimate of drug-likeness (QED) is 0.659. The zero-order valence-corrected chi connectivity index (χ0v) is 12.8. The largest absolute Gasteiger partial charge is 0.384 e. The molecule has 2 rings (SSSR count). The number of aryl methyl sites for hydroxylation is 1. The van der Waals surface area contributed by atoms with Gasteiger partial charge < -0.3 is 5.73 Å². The number of amidine groups is 1. The molecule has 0 aliphatic carbocycles. The Morgan fingerprint density at radius 2 is 2.21 bits per heavy atom. The summed E-state index contributed by atoms with van der Waals surface area (Å²) >= 11 is 2.06. The highest BCUT2D eigenvalue weighted by Gasteiger charge is 2.26. The molecule has 3 N–H and O–H groups in total. The summed E-state index contributed by atoms with van der Waals surface area (Å²) in [6.45, 7) is 10.0. The van der Waals surface area contributed by atoms with Gasteiger partial charge in [0.1, 0.15) is 5.84 Å². The average molecular weight is 277 g/mol. The van der Waals surface area contributed by atoms with Gasteiger partial charge in [-0.05, 0) is 38.0 Å². The summed E-state index contributed by atoms with van der Waals surface area (Å²) in [7, 11) is 0. The molecular formula is C15H23N3S. The predicted octanol–water partition coefficient (Wildman–Crippen LogP) is 2.61. The van der Waals surface area contributed by atoms with Crippen molar-refractivity contribution >= 4 is 17.6 Å². The van der Waals surface area contributed by atoms with Crippen molar-refractivity contribution in [2.45, 2.75) is 32.1 Å². The van der Waals surface area contributed by atoms with Crippen LogP contribution in [0.2, 0.25) is 0 Å². The molecule has 0 radical (unpaired) electrons. The van der Waals surface area contributed by atoms with Gasteiger partial charge in [-0.3, -0.25) is 10.3 Å². The predicted molar refractivity (Wildman–Crippen MR) is 84.0 cm³/mol. The Labute approximate surface area is 120 Å². The Kier molecular flexibility index (Phi) is 4.21. The van der Waals surface area contributed by atoms with E-state index in [0.717, 1.165) is 25.2 Å². The van der Waals surface area contributed by atoms with E-state index < -0.39 is 0 Å². The highest BCUT2D eigenvalue weighted by atomic mass is 32.2. The summed E-state index contributed by atoms with van der Waals surface area (Å²) in [6, 6.07) is 6.08. The van der Waals surface area contributed by atoms with Crippen molar-refractivity contribution in [3.05, 3.63) is 34.9 Å². The number of nitrogens with one attached hydrogen (secondary N) is 1. The molecule has 0 saturated carbocycles. The first kappa shape index (κ1) is 14.4. The molecule has 104 valence electrons. The zero-order chi connectivity index (χ0) is 14.0. The minimum Gasteiger partial charge on any atom is -0.384 e. The third kappa shape index (κ3) is 3.74. The maximum absolute atomic E-state index is 7.47. The number of nitrogen functional groups attached to an aromatic ring is 1. The van der Waals surface area contributed by atoms with Gasteiger partial charge in [0.05, 0.1) is 0 Å². The van der Waals surface area contributed by atoms with Crippen LogP contribution in [0.15, 0.2) is 18.2 Å². The van der Waals surface area contributed by atoms with E-state index in [1.165, 1.54) is 16.9 Å². The number of rotatable bonds is 3. The van der Waals surface area contributed by atoms with Crippen molar-refractivity contribution < 1.29 is 0 Å². The molecule has 0 atom stereocenters. The number of benzene rings is 1. The second-order valence-electron chi connectivity index (χ2n) is 5.87. The highest BCUT2D eigenvalue weighted by molar-refractivity contribution is 8.00. The second-order valence-corrected chi connectivity index (χ2v) is 7.68. The molecule has 1 fully saturated rings. The van der Waals surface area contributed by atoms with Gasteiger partial charge in [0.15, 0.2) is 0 Å². The van der Waals surface area contributed by atoms with E-state index >= 15 is 0 Å². The summed E-state index contributed by atoms with van der Waals surface area (Å²) < 4.78 is 0.353. The molecule has 1 aromatic carbocycles. The number of nitrogens with zero attached hydrogens (tertiary/aromatic N) is 1. The van der Waals surface area contributed by atoms with E-state index in [0.29, 0.717) is 4.75 Å².